The van der Waals surface area contributed by atoms with Crippen molar-refractivity contribution in [2.45, 2.75) is 64.1 Å². The van der Waals surface area contributed by atoms with Gasteiger partial charge in [0.15, 0.2) is 0 Å². The molecule has 2 aromatic carbocycles. The van der Waals surface area contributed by atoms with E-state index in [2.05, 4.69) is 5.32 Å². The van der Waals surface area contributed by atoms with E-state index in [1.165, 1.54) is 17.3 Å². The molecule has 31 heavy (non-hydrogen) atoms. The number of nitrogens with one attached hydrogen (secondary N) is 1. The minimum Gasteiger partial charge on any atom is -0.497 e. The smallest absolute Gasteiger partial charge is 0.243 e. The number of thioether (sulfide) groups is 1. The van der Waals surface area contributed by atoms with E-state index in [1.54, 1.807) is 12.0 Å². The number of hydrogen-bond donors (Lipinski definition) is 1. The topological polar surface area (TPSA) is 58.6 Å². The van der Waals surface area contributed by atoms with Gasteiger partial charge in [0.25, 0.3) is 0 Å². The second-order valence-corrected chi connectivity index (χ2v) is 8.77. The lowest BCUT2D eigenvalue weighted by Gasteiger charge is -2.31. The molecular formula is C25H34N2O3S. The van der Waals surface area contributed by atoms with Crippen LogP contribution in [0.4, 0.5) is 0 Å². The summed E-state index contributed by atoms with van der Waals surface area (Å²) in [5.74, 6) is 0.851. The van der Waals surface area contributed by atoms with Gasteiger partial charge in [0, 0.05) is 17.5 Å². The molecular weight excluding hydrogens is 408 g/mol. The van der Waals surface area contributed by atoms with Crippen molar-refractivity contribution in [1.82, 2.24) is 10.2 Å². The normalized spacial score (nSPS) is 12.7. The molecule has 0 radical (unpaired) electrons. The van der Waals surface area contributed by atoms with Gasteiger partial charge in [-0.05, 0) is 56.5 Å². The molecule has 0 unspecified atom stereocenters. The van der Waals surface area contributed by atoms with Crippen LogP contribution in [0, 0.1) is 6.92 Å². The predicted molar refractivity (Wildman–Crippen MR) is 127 cm³/mol. The number of rotatable bonds is 11. The highest BCUT2D eigenvalue weighted by molar-refractivity contribution is 8.00. The average Bonchev–Trinajstić information content (AvgIpc) is 2.78. The number of nitrogens with zero attached hydrogens (tertiary/aromatic N) is 1. The molecule has 2 rings (SSSR count). The molecule has 0 aliphatic heterocycles. The Morgan fingerprint density at radius 3 is 2.42 bits per heavy atom. The first kappa shape index (κ1) is 24.8. The van der Waals surface area contributed by atoms with Crippen molar-refractivity contribution in [1.29, 1.82) is 0 Å². The van der Waals surface area contributed by atoms with E-state index in [9.17, 15) is 9.59 Å². The molecule has 5 nitrogen and oxygen atoms in total. The molecule has 6 heteroatoms. The summed E-state index contributed by atoms with van der Waals surface area (Å²) in [5, 5.41) is 3.04. The second kappa shape index (κ2) is 12.4. The first-order valence-electron chi connectivity index (χ1n) is 10.8. The molecule has 0 saturated carbocycles. The van der Waals surface area contributed by atoms with Crippen LogP contribution < -0.4 is 10.1 Å². The van der Waals surface area contributed by atoms with Crippen LogP contribution >= 0.6 is 11.8 Å². The first-order valence-corrected chi connectivity index (χ1v) is 11.8. The summed E-state index contributed by atoms with van der Waals surface area (Å²) in [6.07, 6.45) is 1.39. The summed E-state index contributed by atoms with van der Waals surface area (Å²) in [6.45, 7) is 8.35. The minimum atomic E-state index is -0.522. The Kier molecular flexibility index (Phi) is 9.92. The van der Waals surface area contributed by atoms with Crippen LogP contribution in [0.25, 0.3) is 0 Å². The summed E-state index contributed by atoms with van der Waals surface area (Å²) in [6, 6.07) is 15.3. The van der Waals surface area contributed by atoms with E-state index < -0.39 is 6.04 Å². The van der Waals surface area contributed by atoms with Crippen molar-refractivity contribution in [3.63, 3.8) is 0 Å². The van der Waals surface area contributed by atoms with Crippen molar-refractivity contribution < 1.29 is 14.3 Å². The quantitative estimate of drug-likeness (QED) is 0.507. The van der Waals surface area contributed by atoms with Crippen molar-refractivity contribution in [2.75, 3.05) is 12.9 Å². The van der Waals surface area contributed by atoms with E-state index in [1.807, 2.05) is 76.2 Å². The van der Waals surface area contributed by atoms with E-state index in [0.717, 1.165) is 22.6 Å². The summed E-state index contributed by atoms with van der Waals surface area (Å²) >= 11 is 1.49. The lowest BCUT2D eigenvalue weighted by atomic mass is 10.1. The number of hydrogen-bond acceptors (Lipinski definition) is 4. The predicted octanol–water partition coefficient (Wildman–Crippen LogP) is 4.82. The fraction of sp³-hybridized carbons (Fsp3) is 0.440. The number of methoxy groups -OCH3 is 1. The van der Waals surface area contributed by atoms with Crippen LogP contribution in [0.3, 0.4) is 0 Å². The molecule has 1 N–H and O–H groups in total. The van der Waals surface area contributed by atoms with Gasteiger partial charge in [-0.15, -0.1) is 11.8 Å². The minimum absolute atomic E-state index is 0.0560. The van der Waals surface area contributed by atoms with Crippen LogP contribution in [-0.4, -0.2) is 41.7 Å². The molecule has 0 aromatic heterocycles. The highest BCUT2D eigenvalue weighted by atomic mass is 32.2. The molecule has 2 aromatic rings. The maximum Gasteiger partial charge on any atom is 0.243 e. The van der Waals surface area contributed by atoms with Crippen molar-refractivity contribution >= 4 is 23.6 Å². The monoisotopic (exact) mass is 442 g/mol. The summed E-state index contributed by atoms with van der Waals surface area (Å²) in [5.41, 5.74) is 2.12. The number of benzene rings is 2. The van der Waals surface area contributed by atoms with Gasteiger partial charge in [-0.3, -0.25) is 9.59 Å². The van der Waals surface area contributed by atoms with Crippen LogP contribution in [-0.2, 0) is 16.1 Å². The number of carbonyl (C=O) groups is 2. The highest BCUT2D eigenvalue weighted by Gasteiger charge is 2.29. The Hall–Kier alpha value is -2.47. The maximum absolute atomic E-state index is 13.3. The van der Waals surface area contributed by atoms with Crippen molar-refractivity contribution in [2.24, 2.45) is 0 Å². The largest absolute Gasteiger partial charge is 0.497 e. The zero-order valence-electron chi connectivity index (χ0n) is 19.2. The van der Waals surface area contributed by atoms with Gasteiger partial charge in [0.1, 0.15) is 11.8 Å². The molecule has 0 heterocycles. The number of ether oxygens (including phenoxy) is 1. The summed E-state index contributed by atoms with van der Waals surface area (Å²) < 4.78 is 5.33. The van der Waals surface area contributed by atoms with Crippen molar-refractivity contribution in [3.8, 4) is 5.75 Å². The molecule has 2 atom stereocenters. The zero-order valence-corrected chi connectivity index (χ0v) is 20.0. The third-order valence-corrected chi connectivity index (χ3v) is 6.25. The third kappa shape index (κ3) is 7.62. The Bertz CT molecular complexity index is 854. The molecule has 0 fully saturated rings. The molecule has 0 aliphatic rings. The summed E-state index contributed by atoms with van der Waals surface area (Å²) in [4.78, 5) is 29.0. The van der Waals surface area contributed by atoms with E-state index in [0.29, 0.717) is 13.0 Å². The van der Waals surface area contributed by atoms with Gasteiger partial charge in [0.2, 0.25) is 11.8 Å². The van der Waals surface area contributed by atoms with Crippen LogP contribution in [0.15, 0.2) is 53.4 Å². The van der Waals surface area contributed by atoms with Gasteiger partial charge in [-0.1, -0.05) is 43.7 Å². The third-order valence-electron chi connectivity index (χ3n) is 5.26. The Morgan fingerprint density at radius 2 is 1.81 bits per heavy atom. The molecule has 0 spiro atoms. The van der Waals surface area contributed by atoms with Gasteiger partial charge in [-0.2, -0.15) is 0 Å². The lowest BCUT2D eigenvalue weighted by Crippen LogP contribution is -2.51. The molecule has 0 bridgehead atoms. The fourth-order valence-electron chi connectivity index (χ4n) is 3.19. The maximum atomic E-state index is 13.3. The summed E-state index contributed by atoms with van der Waals surface area (Å²) in [7, 11) is 1.62. The number of amides is 2. The van der Waals surface area contributed by atoms with E-state index >= 15 is 0 Å². The van der Waals surface area contributed by atoms with Crippen molar-refractivity contribution in [3.05, 3.63) is 59.7 Å². The van der Waals surface area contributed by atoms with Crippen LogP contribution in [0.2, 0.25) is 0 Å². The Morgan fingerprint density at radius 1 is 1.10 bits per heavy atom. The van der Waals surface area contributed by atoms with Gasteiger partial charge >= 0.3 is 0 Å². The molecule has 0 saturated heterocycles. The number of carbonyl (C=O) groups excluding carboxylic acids is 2. The fourth-order valence-corrected chi connectivity index (χ4v) is 3.98. The highest BCUT2D eigenvalue weighted by Crippen LogP contribution is 2.22. The van der Waals surface area contributed by atoms with Gasteiger partial charge in [-0.25, -0.2) is 0 Å². The van der Waals surface area contributed by atoms with E-state index in [4.69, 9.17) is 4.74 Å². The zero-order chi connectivity index (χ0) is 22.8. The molecule has 168 valence electrons. The van der Waals surface area contributed by atoms with Gasteiger partial charge < -0.3 is 15.0 Å². The van der Waals surface area contributed by atoms with E-state index in [-0.39, 0.29) is 23.6 Å². The molecule has 2 amide bonds. The standard InChI is InChI=1S/C25H34N2O3S/c1-6-19(4)26-25(29)23(7-2)27(16-20-9-8-10-21(15-20)30-5)24(28)17-31-22-13-11-18(3)12-14-22/h8-15,19,23H,6-7,16-17H2,1-5H3,(H,26,29)/t19-,23-/m0/s1. The Balaban J connectivity index is 2.22. The Labute approximate surface area is 190 Å². The second-order valence-electron chi connectivity index (χ2n) is 7.72. The van der Waals surface area contributed by atoms with Gasteiger partial charge in [0.05, 0.1) is 12.9 Å². The lowest BCUT2D eigenvalue weighted by molar-refractivity contribution is -0.139. The molecule has 0 aliphatic carbocycles. The first-order chi connectivity index (χ1) is 14.9. The van der Waals surface area contributed by atoms with Crippen LogP contribution in [0.5, 0.6) is 5.75 Å². The van der Waals surface area contributed by atoms with Crippen LogP contribution in [0.1, 0.15) is 44.7 Å². The SMILES string of the molecule is CC[C@H](C)NC(=O)[C@H](CC)N(Cc1cccc(OC)c1)C(=O)CSc1ccc(C)cc1. The number of aryl methyl sites for hydroxylation is 1. The average molecular weight is 443 g/mol.